The Balaban J connectivity index is 2.15. The number of rotatable bonds is 20. The molecule has 1 rings (SSSR count). The van der Waals surface area contributed by atoms with Gasteiger partial charge in [0.1, 0.15) is 0 Å². The van der Waals surface area contributed by atoms with E-state index in [0.717, 1.165) is 37.7 Å². The molecule has 6 nitrogen and oxygen atoms in total. The number of hydrogen-bond acceptors (Lipinski definition) is 3. The second-order valence-corrected chi connectivity index (χ2v) is 9.96. The standard InChI is InChI=1S/C26H44NO5P/c1-2-3-4-5-6-7-8-9-10-11-12-13-14-18-21-26(28)27-25(23-32-33(29,30)31)22-24-19-16-15-17-20-24/h9-10,15-17,19-20,25H,2-8,11-14,18,21-23H2,1H3,(H,27,28)(H2,29,30,31)/b10-9-/t25-/m0/s1. The zero-order valence-electron chi connectivity index (χ0n) is 20.3. The number of carbonyl (C=O) groups excluding carboxylic acids is 1. The van der Waals surface area contributed by atoms with Crippen LogP contribution in [0.25, 0.3) is 0 Å². The van der Waals surface area contributed by atoms with Crippen molar-refractivity contribution in [1.29, 1.82) is 0 Å². The molecule has 0 bridgehead atoms. The maximum atomic E-state index is 12.3. The summed E-state index contributed by atoms with van der Waals surface area (Å²) in [6, 6.07) is 9.03. The third-order valence-corrected chi connectivity index (χ3v) is 6.03. The Bertz CT molecular complexity index is 689. The molecule has 1 aromatic carbocycles. The van der Waals surface area contributed by atoms with Crippen molar-refractivity contribution < 1.29 is 23.7 Å². The predicted octanol–water partition coefficient (Wildman–Crippen LogP) is 6.47. The maximum Gasteiger partial charge on any atom is 0.469 e. The van der Waals surface area contributed by atoms with Crippen LogP contribution in [0.15, 0.2) is 42.5 Å². The summed E-state index contributed by atoms with van der Waals surface area (Å²) in [6.45, 7) is 2.02. The number of allylic oxidation sites excluding steroid dienone is 2. The van der Waals surface area contributed by atoms with Crippen LogP contribution in [0.4, 0.5) is 0 Å². The second kappa shape index (κ2) is 18.9. The Kier molecular flexibility index (Phi) is 16.9. The average molecular weight is 482 g/mol. The molecule has 0 aliphatic rings. The Morgan fingerprint density at radius 3 is 2.12 bits per heavy atom. The third-order valence-electron chi connectivity index (χ3n) is 5.55. The summed E-state index contributed by atoms with van der Waals surface area (Å²) in [4.78, 5) is 30.3. The lowest BCUT2D eigenvalue weighted by Gasteiger charge is -2.19. The van der Waals surface area contributed by atoms with Crippen molar-refractivity contribution in [1.82, 2.24) is 5.32 Å². The highest BCUT2D eigenvalue weighted by atomic mass is 31.2. The molecule has 0 heterocycles. The van der Waals surface area contributed by atoms with Gasteiger partial charge in [-0.15, -0.1) is 0 Å². The minimum Gasteiger partial charge on any atom is -0.351 e. The zero-order valence-corrected chi connectivity index (χ0v) is 21.2. The summed E-state index contributed by atoms with van der Waals surface area (Å²) in [5.41, 5.74) is 0.974. The van der Waals surface area contributed by atoms with E-state index in [1.165, 1.54) is 44.9 Å². The Hall–Kier alpha value is -1.46. The first kappa shape index (κ1) is 29.6. The normalized spacial score (nSPS) is 12.8. The van der Waals surface area contributed by atoms with Crippen molar-refractivity contribution in [2.24, 2.45) is 0 Å². The summed E-state index contributed by atoms with van der Waals surface area (Å²) >= 11 is 0. The summed E-state index contributed by atoms with van der Waals surface area (Å²) in [6.07, 6.45) is 19.8. The van der Waals surface area contributed by atoms with Crippen LogP contribution in [0.1, 0.15) is 96.0 Å². The molecular weight excluding hydrogens is 437 g/mol. The molecular formula is C26H44NO5P. The van der Waals surface area contributed by atoms with Gasteiger partial charge in [-0.2, -0.15) is 0 Å². The van der Waals surface area contributed by atoms with Crippen molar-refractivity contribution in [2.75, 3.05) is 6.61 Å². The molecule has 0 saturated heterocycles. The molecule has 0 radical (unpaired) electrons. The van der Waals surface area contributed by atoms with E-state index in [1.807, 2.05) is 30.3 Å². The lowest BCUT2D eigenvalue weighted by atomic mass is 10.1. The molecule has 1 aromatic rings. The van der Waals surface area contributed by atoms with Crippen LogP contribution < -0.4 is 5.32 Å². The number of amides is 1. The zero-order chi connectivity index (χ0) is 24.2. The summed E-state index contributed by atoms with van der Waals surface area (Å²) < 4.78 is 15.7. The number of benzene rings is 1. The van der Waals surface area contributed by atoms with Crippen LogP contribution in [0, 0.1) is 0 Å². The van der Waals surface area contributed by atoms with E-state index in [9.17, 15) is 9.36 Å². The van der Waals surface area contributed by atoms with Crippen LogP contribution >= 0.6 is 7.82 Å². The SMILES string of the molecule is CCCCCCCC/C=C\CCCCCCC(=O)N[C@H](COP(=O)(O)O)Cc1ccccc1. The van der Waals surface area contributed by atoms with Crippen molar-refractivity contribution >= 4 is 13.7 Å². The summed E-state index contributed by atoms with van der Waals surface area (Å²) in [7, 11) is -4.58. The summed E-state index contributed by atoms with van der Waals surface area (Å²) in [5, 5.41) is 2.87. The Morgan fingerprint density at radius 1 is 0.939 bits per heavy atom. The molecule has 33 heavy (non-hydrogen) atoms. The van der Waals surface area contributed by atoms with Gasteiger partial charge in [0.05, 0.1) is 12.6 Å². The largest absolute Gasteiger partial charge is 0.469 e. The first-order chi connectivity index (χ1) is 15.9. The molecule has 0 aliphatic heterocycles. The molecule has 188 valence electrons. The van der Waals surface area contributed by atoms with E-state index in [0.29, 0.717) is 12.8 Å². The van der Waals surface area contributed by atoms with Crippen LogP contribution in [0.3, 0.4) is 0 Å². The monoisotopic (exact) mass is 481 g/mol. The molecule has 7 heteroatoms. The topological polar surface area (TPSA) is 95.9 Å². The van der Waals surface area contributed by atoms with Crippen LogP contribution in [0.5, 0.6) is 0 Å². The molecule has 0 aromatic heterocycles. The lowest BCUT2D eigenvalue weighted by molar-refractivity contribution is -0.122. The smallest absolute Gasteiger partial charge is 0.351 e. The Labute approximate surface area is 200 Å². The van der Waals surface area contributed by atoms with Crippen LogP contribution in [-0.2, 0) is 20.3 Å². The van der Waals surface area contributed by atoms with Crippen molar-refractivity contribution in [3.63, 3.8) is 0 Å². The number of phosphoric ester groups is 1. The van der Waals surface area contributed by atoms with Gasteiger partial charge >= 0.3 is 7.82 Å². The van der Waals surface area contributed by atoms with Gasteiger partial charge in [-0.3, -0.25) is 9.32 Å². The van der Waals surface area contributed by atoms with Gasteiger partial charge in [0, 0.05) is 6.42 Å². The predicted molar refractivity (Wildman–Crippen MR) is 135 cm³/mol. The van der Waals surface area contributed by atoms with E-state index in [2.05, 4.69) is 28.9 Å². The van der Waals surface area contributed by atoms with Crippen molar-refractivity contribution in [3.8, 4) is 0 Å². The van der Waals surface area contributed by atoms with Gasteiger partial charge < -0.3 is 15.1 Å². The molecule has 1 atom stereocenters. The Morgan fingerprint density at radius 2 is 1.52 bits per heavy atom. The van der Waals surface area contributed by atoms with Gasteiger partial charge in [-0.05, 0) is 44.1 Å². The van der Waals surface area contributed by atoms with Gasteiger partial charge in [0.25, 0.3) is 0 Å². The first-order valence-electron chi connectivity index (χ1n) is 12.6. The van der Waals surface area contributed by atoms with E-state index >= 15 is 0 Å². The van der Waals surface area contributed by atoms with Crippen LogP contribution in [-0.4, -0.2) is 28.3 Å². The van der Waals surface area contributed by atoms with E-state index < -0.39 is 13.9 Å². The number of nitrogens with one attached hydrogen (secondary N) is 1. The number of carbonyl (C=O) groups is 1. The summed E-state index contributed by atoms with van der Waals surface area (Å²) in [5.74, 6) is -0.107. The number of unbranched alkanes of at least 4 members (excludes halogenated alkanes) is 10. The molecule has 0 saturated carbocycles. The highest BCUT2D eigenvalue weighted by Crippen LogP contribution is 2.35. The van der Waals surface area contributed by atoms with Crippen molar-refractivity contribution in [3.05, 3.63) is 48.0 Å². The minimum atomic E-state index is -4.58. The third kappa shape index (κ3) is 18.6. The highest BCUT2D eigenvalue weighted by Gasteiger charge is 2.20. The molecule has 0 unspecified atom stereocenters. The highest BCUT2D eigenvalue weighted by molar-refractivity contribution is 7.46. The van der Waals surface area contributed by atoms with Crippen molar-refractivity contribution in [2.45, 2.75) is 103 Å². The van der Waals surface area contributed by atoms with Gasteiger partial charge in [-0.1, -0.05) is 94.4 Å². The molecule has 3 N–H and O–H groups in total. The van der Waals surface area contributed by atoms with E-state index in [-0.39, 0.29) is 12.5 Å². The molecule has 0 fully saturated rings. The fourth-order valence-corrected chi connectivity index (χ4v) is 4.09. The molecule has 0 aliphatic carbocycles. The van der Waals surface area contributed by atoms with Gasteiger partial charge in [0.15, 0.2) is 0 Å². The first-order valence-corrected chi connectivity index (χ1v) is 14.1. The second-order valence-electron chi connectivity index (χ2n) is 8.72. The quantitative estimate of drug-likeness (QED) is 0.113. The number of hydrogen-bond donors (Lipinski definition) is 3. The van der Waals surface area contributed by atoms with Gasteiger partial charge in [-0.25, -0.2) is 4.57 Å². The minimum absolute atomic E-state index is 0.107. The fraction of sp³-hybridized carbons (Fsp3) is 0.654. The molecule has 1 amide bonds. The average Bonchev–Trinajstić information content (AvgIpc) is 2.78. The lowest BCUT2D eigenvalue weighted by Crippen LogP contribution is -2.39. The van der Waals surface area contributed by atoms with Crippen LogP contribution in [0.2, 0.25) is 0 Å². The van der Waals surface area contributed by atoms with E-state index in [4.69, 9.17) is 9.79 Å². The maximum absolute atomic E-state index is 12.3. The number of phosphoric acid groups is 1. The van der Waals surface area contributed by atoms with E-state index in [1.54, 1.807) is 0 Å². The molecule has 0 spiro atoms. The van der Waals surface area contributed by atoms with Gasteiger partial charge in [0.2, 0.25) is 5.91 Å². The fourth-order valence-electron chi connectivity index (χ4n) is 3.72.